The number of anilines is 3. The van der Waals surface area contributed by atoms with Gasteiger partial charge in [-0.2, -0.15) is 0 Å². The zero-order valence-corrected chi connectivity index (χ0v) is 35.1. The monoisotopic (exact) mass is 786 g/mol. The van der Waals surface area contributed by atoms with Crippen molar-refractivity contribution < 1.29 is 0 Å². The van der Waals surface area contributed by atoms with E-state index in [9.17, 15) is 0 Å². The maximum atomic E-state index is 2.48. The third-order valence-electron chi connectivity index (χ3n) is 15.0. The quantitative estimate of drug-likeness (QED) is 0.156. The van der Waals surface area contributed by atoms with E-state index in [4.69, 9.17) is 0 Å². The Morgan fingerprint density at radius 1 is 0.443 bits per heavy atom. The Morgan fingerprint density at radius 3 is 1.49 bits per heavy atom. The molecule has 0 unspecified atom stereocenters. The van der Waals surface area contributed by atoms with E-state index in [0.717, 1.165) is 11.6 Å². The summed E-state index contributed by atoms with van der Waals surface area (Å²) in [5, 5.41) is 2.58. The van der Waals surface area contributed by atoms with Crippen molar-refractivity contribution in [2.24, 2.45) is 5.92 Å². The molecular formula is C59H50N2. The standard InChI is InChI=1S/C59H50N2/c1-58(2)54-38-48(28-30-50(54)51-31-29-49(39-55(51)58)61-56-14-8-6-12-52(56)53-13-7-9-15-57(53)61)60(47-26-22-45(23-27-47)59-35-32-40(33-36-59)34-37-59)46-24-20-44(21-25-46)43-18-16-42(17-19-43)41-10-4-3-5-11-41/h3-31,38-40H,32-37H2,1-2H3. The van der Waals surface area contributed by atoms with Gasteiger partial charge in [0, 0.05) is 38.9 Å². The number of fused-ring (bicyclic) bond motifs is 9. The van der Waals surface area contributed by atoms with E-state index < -0.39 is 0 Å². The van der Waals surface area contributed by atoms with Gasteiger partial charge in [0.15, 0.2) is 0 Å². The molecule has 2 heteroatoms. The molecule has 0 atom stereocenters. The van der Waals surface area contributed by atoms with Crippen molar-refractivity contribution in [2.75, 3.05) is 4.90 Å². The molecule has 13 rings (SSSR count). The van der Waals surface area contributed by atoms with Gasteiger partial charge in [-0.1, -0.05) is 141 Å². The van der Waals surface area contributed by atoms with Crippen LogP contribution in [0.15, 0.2) is 188 Å². The van der Waals surface area contributed by atoms with Crippen LogP contribution in [0.4, 0.5) is 17.1 Å². The molecule has 8 aromatic carbocycles. The lowest BCUT2D eigenvalue weighted by atomic mass is 9.58. The van der Waals surface area contributed by atoms with Crippen LogP contribution in [0.1, 0.15) is 69.1 Å². The molecule has 0 N–H and O–H groups in total. The van der Waals surface area contributed by atoms with E-state index >= 15 is 0 Å². The first-order chi connectivity index (χ1) is 29.9. The SMILES string of the molecule is CC1(C)c2cc(N(c3ccc(-c4ccc(-c5ccccc5)cc4)cc3)c3ccc(C45CCC(CC4)CC5)cc3)ccc2-c2ccc(-n3c4ccccc4c4ccccc43)cc21. The average molecular weight is 787 g/mol. The van der Waals surface area contributed by atoms with Crippen molar-refractivity contribution in [2.45, 2.75) is 63.2 Å². The van der Waals surface area contributed by atoms with Crippen LogP contribution in [-0.4, -0.2) is 4.57 Å². The topological polar surface area (TPSA) is 8.17 Å². The van der Waals surface area contributed by atoms with Crippen LogP contribution in [0.3, 0.4) is 0 Å². The summed E-state index contributed by atoms with van der Waals surface area (Å²) in [6.07, 6.45) is 8.20. The van der Waals surface area contributed by atoms with Crippen LogP contribution in [-0.2, 0) is 10.8 Å². The Labute approximate surface area is 359 Å². The molecule has 0 spiro atoms. The van der Waals surface area contributed by atoms with E-state index in [1.54, 1.807) is 0 Å². The Bertz CT molecular complexity index is 3020. The van der Waals surface area contributed by atoms with Crippen LogP contribution in [0.2, 0.25) is 0 Å². The Balaban J connectivity index is 0.929. The molecule has 0 amide bonds. The van der Waals surface area contributed by atoms with E-state index in [2.05, 4.69) is 211 Å². The van der Waals surface area contributed by atoms with Gasteiger partial charge >= 0.3 is 0 Å². The fourth-order valence-corrected chi connectivity index (χ4v) is 11.6. The molecule has 2 nitrogen and oxygen atoms in total. The molecular weight excluding hydrogens is 737 g/mol. The Kier molecular flexibility index (Phi) is 8.29. The average Bonchev–Trinajstić information content (AvgIpc) is 3.78. The lowest BCUT2D eigenvalue weighted by Crippen LogP contribution is -2.37. The summed E-state index contributed by atoms with van der Waals surface area (Å²) in [5.74, 6) is 0.955. The lowest BCUT2D eigenvalue weighted by Gasteiger charge is -2.47. The molecule has 4 aliphatic carbocycles. The highest BCUT2D eigenvalue weighted by Gasteiger charge is 2.41. The summed E-state index contributed by atoms with van der Waals surface area (Å²) >= 11 is 0. The van der Waals surface area contributed by atoms with Gasteiger partial charge in [0.1, 0.15) is 0 Å². The van der Waals surface area contributed by atoms with Gasteiger partial charge in [-0.3, -0.25) is 0 Å². The van der Waals surface area contributed by atoms with Gasteiger partial charge < -0.3 is 9.47 Å². The van der Waals surface area contributed by atoms with Crippen LogP contribution in [0.25, 0.3) is 60.9 Å². The first-order valence-electron chi connectivity index (χ1n) is 22.4. The first kappa shape index (κ1) is 36.2. The van der Waals surface area contributed by atoms with Crippen molar-refractivity contribution in [3.8, 4) is 39.1 Å². The minimum absolute atomic E-state index is 0.195. The van der Waals surface area contributed by atoms with Gasteiger partial charge in [-0.25, -0.2) is 0 Å². The number of hydrogen-bond acceptors (Lipinski definition) is 1. The second kappa shape index (κ2) is 14.0. The smallest absolute Gasteiger partial charge is 0.0541 e. The minimum Gasteiger partial charge on any atom is -0.310 e. The second-order valence-corrected chi connectivity index (χ2v) is 18.6. The molecule has 3 fully saturated rings. The molecule has 1 aromatic heterocycles. The summed E-state index contributed by atoms with van der Waals surface area (Å²) in [4.78, 5) is 2.48. The molecule has 1 heterocycles. The van der Waals surface area contributed by atoms with Crippen molar-refractivity contribution in [1.82, 2.24) is 4.57 Å². The third kappa shape index (κ3) is 5.83. The van der Waals surface area contributed by atoms with Crippen molar-refractivity contribution >= 4 is 38.9 Å². The van der Waals surface area contributed by atoms with Gasteiger partial charge in [-0.15, -0.1) is 0 Å². The molecule has 0 aliphatic heterocycles. The summed E-state index contributed by atoms with van der Waals surface area (Å²) < 4.78 is 2.45. The van der Waals surface area contributed by atoms with Crippen LogP contribution in [0.5, 0.6) is 0 Å². The number of aromatic nitrogens is 1. The van der Waals surface area contributed by atoms with Crippen molar-refractivity contribution in [3.63, 3.8) is 0 Å². The van der Waals surface area contributed by atoms with E-state index in [-0.39, 0.29) is 5.41 Å². The van der Waals surface area contributed by atoms with E-state index in [1.165, 1.54) is 127 Å². The highest BCUT2D eigenvalue weighted by molar-refractivity contribution is 6.09. The van der Waals surface area contributed by atoms with Crippen LogP contribution < -0.4 is 4.90 Å². The number of para-hydroxylation sites is 2. The van der Waals surface area contributed by atoms with Gasteiger partial charge in [0.05, 0.1) is 11.0 Å². The largest absolute Gasteiger partial charge is 0.310 e. The molecule has 4 aliphatic rings. The molecule has 296 valence electrons. The predicted octanol–water partition coefficient (Wildman–Crippen LogP) is 16.1. The summed E-state index contributed by atoms with van der Waals surface area (Å²) in [6.45, 7) is 4.82. The molecule has 3 saturated carbocycles. The van der Waals surface area contributed by atoms with Crippen LogP contribution >= 0.6 is 0 Å². The fraction of sp³-hybridized carbons (Fsp3) is 0.186. The third-order valence-corrected chi connectivity index (χ3v) is 15.0. The zero-order valence-electron chi connectivity index (χ0n) is 35.1. The summed E-state index contributed by atoms with van der Waals surface area (Å²) in [5.41, 5.74) is 19.3. The van der Waals surface area contributed by atoms with Crippen molar-refractivity contribution in [1.29, 1.82) is 0 Å². The minimum atomic E-state index is -0.195. The Morgan fingerprint density at radius 2 is 0.902 bits per heavy atom. The second-order valence-electron chi connectivity index (χ2n) is 18.6. The molecule has 2 bridgehead atoms. The zero-order chi connectivity index (χ0) is 40.7. The van der Waals surface area contributed by atoms with Gasteiger partial charge in [0.25, 0.3) is 0 Å². The maximum Gasteiger partial charge on any atom is 0.0541 e. The molecule has 9 aromatic rings. The fourth-order valence-electron chi connectivity index (χ4n) is 11.6. The first-order valence-corrected chi connectivity index (χ1v) is 22.4. The van der Waals surface area contributed by atoms with E-state index in [0.29, 0.717) is 5.41 Å². The highest BCUT2D eigenvalue weighted by atomic mass is 15.1. The van der Waals surface area contributed by atoms with Crippen LogP contribution in [0, 0.1) is 5.92 Å². The highest BCUT2D eigenvalue weighted by Crippen LogP contribution is 2.54. The lowest BCUT2D eigenvalue weighted by molar-refractivity contribution is 0.136. The number of nitrogens with zero attached hydrogens (tertiary/aromatic N) is 2. The summed E-state index contributed by atoms with van der Waals surface area (Å²) in [7, 11) is 0. The van der Waals surface area contributed by atoms with Crippen molar-refractivity contribution in [3.05, 3.63) is 205 Å². The predicted molar refractivity (Wildman–Crippen MR) is 257 cm³/mol. The summed E-state index contributed by atoms with van der Waals surface area (Å²) in [6, 6.07) is 70.4. The number of rotatable bonds is 7. The van der Waals surface area contributed by atoms with Gasteiger partial charge in [0.2, 0.25) is 0 Å². The number of hydrogen-bond donors (Lipinski definition) is 0. The maximum absolute atomic E-state index is 2.48. The molecule has 0 radical (unpaired) electrons. The normalized spacial score (nSPS) is 18.6. The van der Waals surface area contributed by atoms with E-state index in [1.807, 2.05) is 0 Å². The molecule has 0 saturated heterocycles. The number of benzene rings is 8. The van der Waals surface area contributed by atoms with Gasteiger partial charge in [-0.05, 0) is 161 Å². The molecule has 61 heavy (non-hydrogen) atoms. The Hall–Kier alpha value is -6.64.